The topological polar surface area (TPSA) is 172 Å². The molecule has 3 unspecified atom stereocenters. The van der Waals surface area contributed by atoms with Crippen molar-refractivity contribution in [3.63, 3.8) is 0 Å². The van der Waals surface area contributed by atoms with Gasteiger partial charge in [-0.3, -0.25) is 14.4 Å². The smallest absolute Gasteiger partial charge is 0.308 e. The van der Waals surface area contributed by atoms with Crippen molar-refractivity contribution in [2.45, 2.75) is 142 Å². The fourth-order valence-electron chi connectivity index (χ4n) is 6.50. The number of aliphatic hydroxyl groups excluding tert-OH is 2. The van der Waals surface area contributed by atoms with Crippen LogP contribution in [0.4, 0.5) is 0 Å². The van der Waals surface area contributed by atoms with E-state index >= 15 is 0 Å². The van der Waals surface area contributed by atoms with E-state index in [1.165, 1.54) is 0 Å². The number of epoxide rings is 1. The number of likely N-dealkylation sites (N-methyl/N-ethyl adjacent to an activating group) is 1. The van der Waals surface area contributed by atoms with Crippen molar-refractivity contribution in [2.24, 2.45) is 23.7 Å². The number of ketones is 1. The summed E-state index contributed by atoms with van der Waals surface area (Å²) in [6, 6.07) is -0.219. The Bertz CT molecular complexity index is 1050. The third-order valence-corrected chi connectivity index (χ3v) is 9.59. The Hall–Kier alpha value is -2.22. The van der Waals surface area contributed by atoms with Gasteiger partial charge in [-0.1, -0.05) is 34.6 Å². The number of ether oxygens (including phenoxy) is 4. The van der Waals surface area contributed by atoms with E-state index in [1.54, 1.807) is 26.0 Å². The minimum absolute atomic E-state index is 0.0707. The number of carboxylic acid groups (broad SMARTS) is 1. The van der Waals surface area contributed by atoms with Crippen LogP contribution in [0.2, 0.25) is 0 Å². The summed E-state index contributed by atoms with van der Waals surface area (Å²) in [7, 11) is 3.76. The van der Waals surface area contributed by atoms with Gasteiger partial charge < -0.3 is 44.0 Å². The molecular weight excluding hydrogens is 598 g/mol. The van der Waals surface area contributed by atoms with Crippen molar-refractivity contribution < 1.29 is 53.4 Å². The van der Waals surface area contributed by atoms with Gasteiger partial charge >= 0.3 is 11.9 Å². The highest BCUT2D eigenvalue weighted by Crippen LogP contribution is 2.45. The fourth-order valence-corrected chi connectivity index (χ4v) is 6.50. The number of esters is 1. The molecule has 3 N–H and O–H groups in total. The Morgan fingerprint density at radius 3 is 2.28 bits per heavy atom. The van der Waals surface area contributed by atoms with E-state index in [1.807, 2.05) is 53.6 Å². The highest BCUT2D eigenvalue weighted by molar-refractivity contribution is 5.91. The maximum absolute atomic E-state index is 13.2. The van der Waals surface area contributed by atoms with Gasteiger partial charge in [0.2, 0.25) is 0 Å². The van der Waals surface area contributed by atoms with E-state index in [0.29, 0.717) is 19.3 Å². The number of hydrogen-bond donors (Lipinski definition) is 3. The third-order valence-electron chi connectivity index (χ3n) is 9.59. The van der Waals surface area contributed by atoms with Crippen LogP contribution in [-0.4, -0.2) is 113 Å². The van der Waals surface area contributed by atoms with E-state index in [-0.39, 0.29) is 49.2 Å². The quantitative estimate of drug-likeness (QED) is 0.208. The lowest BCUT2D eigenvalue weighted by molar-refractivity contribution is -0.283. The monoisotopic (exact) mass is 655 g/mol. The number of aldehydes is 1. The number of cyclic esters (lactones) is 1. The van der Waals surface area contributed by atoms with Gasteiger partial charge in [-0.2, -0.15) is 0 Å². The van der Waals surface area contributed by atoms with E-state index in [4.69, 9.17) is 24.1 Å². The van der Waals surface area contributed by atoms with Crippen molar-refractivity contribution in [1.82, 2.24) is 4.90 Å². The lowest BCUT2D eigenvalue weighted by Gasteiger charge is -2.44. The molecule has 264 valence electrons. The molecule has 0 amide bonds. The summed E-state index contributed by atoms with van der Waals surface area (Å²) < 4.78 is 24.2. The number of carbonyl (C=O) groups is 4. The summed E-state index contributed by atoms with van der Waals surface area (Å²) in [5.74, 6) is -3.06. The summed E-state index contributed by atoms with van der Waals surface area (Å²) in [6.45, 7) is 12.9. The molecule has 3 aliphatic heterocycles. The summed E-state index contributed by atoms with van der Waals surface area (Å²) in [6.07, 6.45) is 0.849. The molecule has 0 bridgehead atoms. The Morgan fingerprint density at radius 1 is 1.11 bits per heavy atom. The molecule has 3 heterocycles. The van der Waals surface area contributed by atoms with Gasteiger partial charge in [0.25, 0.3) is 0 Å². The van der Waals surface area contributed by atoms with Gasteiger partial charge in [-0.15, -0.1) is 0 Å². The molecule has 0 aromatic carbocycles. The largest absolute Gasteiger partial charge is 0.481 e. The van der Waals surface area contributed by atoms with Crippen LogP contribution >= 0.6 is 0 Å². The Kier molecular flexibility index (Phi) is 15.5. The summed E-state index contributed by atoms with van der Waals surface area (Å²) in [4.78, 5) is 49.4. The van der Waals surface area contributed by atoms with Crippen LogP contribution in [0.5, 0.6) is 0 Å². The van der Waals surface area contributed by atoms with Crippen molar-refractivity contribution in [3.8, 4) is 0 Å². The van der Waals surface area contributed by atoms with Crippen LogP contribution < -0.4 is 0 Å². The summed E-state index contributed by atoms with van der Waals surface area (Å²) in [5.41, 5.74) is -0.637. The molecule has 0 aliphatic carbocycles. The van der Waals surface area contributed by atoms with Gasteiger partial charge in [0, 0.05) is 36.6 Å². The third kappa shape index (κ3) is 10.9. The highest BCUT2D eigenvalue weighted by Gasteiger charge is 2.55. The van der Waals surface area contributed by atoms with E-state index in [0.717, 1.165) is 6.29 Å². The first-order chi connectivity index (χ1) is 21.5. The summed E-state index contributed by atoms with van der Waals surface area (Å²) in [5, 5.41) is 30.1. The molecule has 12 heteroatoms. The van der Waals surface area contributed by atoms with Gasteiger partial charge in [-0.05, 0) is 65.3 Å². The highest BCUT2D eigenvalue weighted by atomic mass is 16.7. The fraction of sp³-hybridized carbons (Fsp3) is 0.824. The molecule has 2 fully saturated rings. The molecule has 12 nitrogen and oxygen atoms in total. The number of nitrogens with zero attached hydrogens (tertiary/aromatic N) is 1. The molecular formula is C34H57NO11. The van der Waals surface area contributed by atoms with Gasteiger partial charge in [-0.25, -0.2) is 0 Å². The van der Waals surface area contributed by atoms with Gasteiger partial charge in [0.1, 0.15) is 24.1 Å². The predicted octanol–water partition coefficient (Wildman–Crippen LogP) is 3.15. The second-order valence-electron chi connectivity index (χ2n) is 13.6. The molecule has 0 aromatic rings. The summed E-state index contributed by atoms with van der Waals surface area (Å²) >= 11 is 0. The van der Waals surface area contributed by atoms with Gasteiger partial charge in [0.15, 0.2) is 12.1 Å². The molecule has 46 heavy (non-hydrogen) atoms. The first-order valence-electron chi connectivity index (χ1n) is 16.6. The number of aliphatic hydroxyl groups is 2. The number of aliphatic carboxylic acids is 1. The minimum atomic E-state index is -1.15. The Balaban J connectivity index is 0.00000136. The zero-order valence-corrected chi connectivity index (χ0v) is 29.0. The van der Waals surface area contributed by atoms with Crippen molar-refractivity contribution >= 4 is 24.0 Å². The normalized spacial score (nSPS) is 41.4. The first-order valence-corrected chi connectivity index (χ1v) is 16.6. The minimum Gasteiger partial charge on any atom is -0.481 e. The van der Waals surface area contributed by atoms with Gasteiger partial charge in [0.05, 0.1) is 30.8 Å². The molecule has 3 rings (SSSR count). The average molecular weight is 656 g/mol. The lowest BCUT2D eigenvalue weighted by Crippen LogP contribution is -2.56. The van der Waals surface area contributed by atoms with Crippen LogP contribution in [-0.2, 0) is 38.1 Å². The maximum Gasteiger partial charge on any atom is 0.308 e. The van der Waals surface area contributed by atoms with Crippen molar-refractivity contribution in [3.05, 3.63) is 12.2 Å². The van der Waals surface area contributed by atoms with E-state index in [2.05, 4.69) is 0 Å². The number of carboxylic acids is 1. The molecule has 0 spiro atoms. The first kappa shape index (κ1) is 40.0. The Labute approximate surface area is 273 Å². The van der Waals surface area contributed by atoms with Crippen LogP contribution in [0, 0.1) is 23.7 Å². The van der Waals surface area contributed by atoms with Crippen molar-refractivity contribution in [1.29, 1.82) is 0 Å². The number of hydrogen-bond acceptors (Lipinski definition) is 11. The average Bonchev–Trinajstić information content (AvgIpc) is 3.68. The second-order valence-corrected chi connectivity index (χ2v) is 13.6. The lowest BCUT2D eigenvalue weighted by atomic mass is 9.79. The zero-order valence-electron chi connectivity index (χ0n) is 29.0. The van der Waals surface area contributed by atoms with E-state index in [9.17, 15) is 29.4 Å². The number of rotatable bonds is 7. The molecule has 3 aliphatic rings. The van der Waals surface area contributed by atoms with Crippen LogP contribution in [0.3, 0.4) is 0 Å². The SMILES string of the molecule is CCC(=O)O.CCC1OC(=O)C[C@@H](O)[C@H](C)[C@@H](O[C@@H]2O[C@H](C)C[C@H](N(C)C)[C@H]2O)[C@@H](CC=O)C[C@@H](C)C(=O)/C=C/[C@]2(C)OC2C1C. The zero-order chi connectivity index (χ0) is 34.9. The molecule has 0 saturated carbocycles. The maximum atomic E-state index is 13.2. The number of fused-ring (bicyclic) bond motifs is 1. The van der Waals surface area contributed by atoms with Crippen LogP contribution in [0.25, 0.3) is 0 Å². The molecule has 0 aromatic heterocycles. The van der Waals surface area contributed by atoms with E-state index < -0.39 is 66.0 Å². The standard InChI is InChI=1S/C31H51NO9.C3H6O2/c1-9-25-20(5)29-31(6,41-29)12-10-23(34)17(2)14-21(11-13-33)28(19(4)24(35)16-26(36)39-25)40-30-27(37)22(32(7)8)15-18(3)38-30;1-2-3(4)5/h10,12-13,17-22,24-25,27-30,35,37H,9,11,14-16H2,1-8H3;2H2,1H3,(H,4,5)/b12-10+;/t17-,18-,19+,20?,21+,22+,24-,25?,27-,28-,29?,30+,31+;/m1./s1. The molecule has 2 saturated heterocycles. The van der Waals surface area contributed by atoms with Crippen molar-refractivity contribution in [2.75, 3.05) is 14.1 Å². The second kappa shape index (κ2) is 17.8. The van der Waals surface area contributed by atoms with Crippen LogP contribution in [0.15, 0.2) is 12.2 Å². The van der Waals surface area contributed by atoms with Crippen LogP contribution in [0.1, 0.15) is 87.0 Å². The molecule has 13 atom stereocenters. The number of allylic oxidation sites excluding steroid dienone is 1. The molecule has 0 radical (unpaired) electrons. The number of carbonyl (C=O) groups excluding carboxylic acids is 3. The predicted molar refractivity (Wildman–Crippen MR) is 170 cm³/mol. The Morgan fingerprint density at radius 2 is 1.74 bits per heavy atom.